The number of carboxylic acid groups (broad SMARTS) is 1. The van der Waals surface area contributed by atoms with Crippen LogP contribution < -0.4 is 54.6 Å². The number of para-hydroxylation sites is 4. The maximum Gasteiger partial charge on any atom is 1.00 e. The number of hydrogen-bond donors (Lipinski definition) is 5. The van der Waals surface area contributed by atoms with Crippen LogP contribution in [0.1, 0.15) is 123 Å². The SMILES string of the molecule is CC(C)(C)OC(=O)N1CCCC(C(=O)O)C1.Clc1cnccn1.NC(c1ccc(Oc2ccccc2)cc1)c1nccnc1Cl.Nc1nccn2c(C3CCCNC3)nc(-c3ccc(Oc4ccccc4)cc3)c12.O=Cc1ccc(Oc2ccccc2)cc1.OC(c1ccc(Oc2ccccc2)cc1)c1nccnc1Cl.[CH2-]CCC.[Li+]. The van der Waals surface area contributed by atoms with E-state index < -0.39 is 35.7 Å². The molecule has 5 aromatic heterocycles. The fraction of sp³-hybridized carbons (Fsp3) is 0.213. The number of hydrogen-bond acceptors (Lipinski definition) is 20. The Kier molecular flexibility index (Phi) is 36.7. The Morgan fingerprint density at radius 1 is 0.603 bits per heavy atom. The zero-order valence-corrected chi connectivity index (χ0v) is 67.3. The van der Waals surface area contributed by atoms with Gasteiger partial charge in [-0.05, 0) is 185 Å². The molecule has 23 nitrogen and oxygen atoms in total. The first-order valence-corrected chi connectivity index (χ1v) is 38.3. The number of aliphatic hydroxyl groups is 1. The summed E-state index contributed by atoms with van der Waals surface area (Å²) in [6, 6.07) is 67.6. The molecule has 2 saturated heterocycles. The fourth-order valence-electron chi connectivity index (χ4n) is 11.2. The molecule has 2 aliphatic heterocycles. The Bertz CT molecular complexity index is 4920. The van der Waals surface area contributed by atoms with E-state index in [0.717, 1.165) is 113 Å². The minimum absolute atomic E-state index is 0. The van der Waals surface area contributed by atoms with Crippen LogP contribution in [-0.4, -0.2) is 110 Å². The van der Waals surface area contributed by atoms with Gasteiger partial charge in [0, 0.05) is 86.3 Å². The number of carbonyl (C=O) groups excluding carboxylic acids is 2. The number of nitrogens with two attached hydrogens (primary N) is 2. The second-order valence-electron chi connectivity index (χ2n) is 26.7. The van der Waals surface area contributed by atoms with Gasteiger partial charge in [0.25, 0.3) is 0 Å². The number of aldehydes is 1. The van der Waals surface area contributed by atoms with E-state index in [9.17, 15) is 19.5 Å². The third-order valence-electron chi connectivity index (χ3n) is 17.0. The van der Waals surface area contributed by atoms with Gasteiger partial charge in [-0.25, -0.2) is 29.7 Å². The third kappa shape index (κ3) is 29.0. The van der Waals surface area contributed by atoms with Crippen molar-refractivity contribution in [1.29, 1.82) is 0 Å². The summed E-state index contributed by atoms with van der Waals surface area (Å²) in [5.41, 5.74) is 17.7. The molecule has 116 heavy (non-hydrogen) atoms. The van der Waals surface area contributed by atoms with Gasteiger partial charge in [-0.3, -0.25) is 28.9 Å². The van der Waals surface area contributed by atoms with Gasteiger partial charge in [0.05, 0.1) is 23.9 Å². The zero-order chi connectivity index (χ0) is 81.7. The first-order valence-electron chi connectivity index (χ1n) is 37.1. The number of benzene rings is 8. The van der Waals surface area contributed by atoms with Crippen molar-refractivity contribution in [2.24, 2.45) is 11.7 Å². The maximum atomic E-state index is 11.7. The predicted molar refractivity (Wildman–Crippen MR) is 448 cm³/mol. The number of rotatable bonds is 17. The molecule has 4 atom stereocenters. The van der Waals surface area contributed by atoms with Crippen molar-refractivity contribution in [3.63, 3.8) is 0 Å². The zero-order valence-electron chi connectivity index (χ0n) is 65.1. The van der Waals surface area contributed by atoms with Crippen molar-refractivity contribution >= 4 is 64.5 Å². The molecular formula is C89H91Cl3LiN13O10. The molecule has 7 heterocycles. The van der Waals surface area contributed by atoms with E-state index in [1.54, 1.807) is 94.1 Å². The summed E-state index contributed by atoms with van der Waals surface area (Å²) in [6.07, 6.45) is 19.8. The molecule has 4 unspecified atom stereocenters. The van der Waals surface area contributed by atoms with Crippen LogP contribution >= 0.6 is 34.8 Å². The molecule has 7 N–H and O–H groups in total. The molecule has 2 fully saturated rings. The third-order valence-corrected chi connectivity index (χ3v) is 17.8. The van der Waals surface area contributed by atoms with Crippen LogP contribution in [0, 0.1) is 12.8 Å². The van der Waals surface area contributed by atoms with Gasteiger partial charge in [-0.2, -0.15) is 6.42 Å². The number of nitrogens with one attached hydrogen (secondary N) is 1. The smallest absolute Gasteiger partial charge is 0.481 e. The van der Waals surface area contributed by atoms with Gasteiger partial charge in [-0.1, -0.05) is 145 Å². The number of halogens is 3. The number of carboxylic acids is 1. The topological polar surface area (TPSA) is 313 Å². The number of amides is 1. The van der Waals surface area contributed by atoms with Crippen molar-refractivity contribution in [3.8, 4) is 57.3 Å². The molecule has 594 valence electrons. The Morgan fingerprint density at radius 3 is 1.48 bits per heavy atom. The van der Waals surface area contributed by atoms with Crippen molar-refractivity contribution in [1.82, 2.24) is 54.5 Å². The van der Waals surface area contributed by atoms with E-state index in [-0.39, 0.29) is 30.6 Å². The minimum Gasteiger partial charge on any atom is -0.481 e. The van der Waals surface area contributed by atoms with Crippen molar-refractivity contribution in [2.75, 3.05) is 31.9 Å². The Morgan fingerprint density at radius 2 is 1.06 bits per heavy atom. The van der Waals surface area contributed by atoms with Gasteiger partial charge >= 0.3 is 30.9 Å². The Hall–Kier alpha value is -11.6. The van der Waals surface area contributed by atoms with Gasteiger partial charge < -0.3 is 62.5 Å². The number of fused-ring (bicyclic) bond motifs is 1. The molecule has 8 aromatic carbocycles. The second-order valence-corrected chi connectivity index (χ2v) is 27.8. The van der Waals surface area contributed by atoms with Crippen LogP contribution in [0.4, 0.5) is 10.6 Å². The van der Waals surface area contributed by atoms with Gasteiger partial charge in [0.15, 0.2) is 10.3 Å². The molecule has 27 heteroatoms. The van der Waals surface area contributed by atoms with Crippen LogP contribution in [0.25, 0.3) is 16.8 Å². The Balaban J connectivity index is 0.000000178. The number of anilines is 1. The van der Waals surface area contributed by atoms with Crippen molar-refractivity contribution in [3.05, 3.63) is 330 Å². The van der Waals surface area contributed by atoms with E-state index in [4.69, 9.17) is 80.0 Å². The number of nitrogen functional groups attached to an aromatic ring is 1. The summed E-state index contributed by atoms with van der Waals surface area (Å²) >= 11 is 17.3. The van der Waals surface area contributed by atoms with Crippen molar-refractivity contribution in [2.45, 2.75) is 89.9 Å². The number of unbranched alkanes of at least 4 members (excludes halogenated alkanes) is 1. The summed E-state index contributed by atoms with van der Waals surface area (Å²) in [7, 11) is 0. The molecule has 13 aromatic rings. The first kappa shape index (κ1) is 89.9. The molecular weight excluding hydrogens is 1520 g/mol. The van der Waals surface area contributed by atoms with Crippen LogP contribution in [0.2, 0.25) is 15.5 Å². The minimum atomic E-state index is -0.924. The van der Waals surface area contributed by atoms with Crippen molar-refractivity contribution < 1.29 is 67.1 Å². The molecule has 0 spiro atoms. The second kappa shape index (κ2) is 47.3. The van der Waals surface area contributed by atoms with Gasteiger partial charge in [0.2, 0.25) is 0 Å². The molecule has 2 aliphatic rings. The Labute approximate surface area is 702 Å². The van der Waals surface area contributed by atoms with Gasteiger partial charge in [0.1, 0.15) is 97.7 Å². The molecule has 0 aliphatic carbocycles. The predicted octanol–water partition coefficient (Wildman–Crippen LogP) is 17.0. The number of piperidine rings is 2. The number of carbonyl (C=O) groups is 3. The van der Waals surface area contributed by atoms with E-state index >= 15 is 0 Å². The summed E-state index contributed by atoms with van der Waals surface area (Å²) in [6.45, 7) is 13.9. The number of likely N-dealkylation sites (tertiary alicyclic amines) is 1. The summed E-state index contributed by atoms with van der Waals surface area (Å²) in [5.74, 6) is 6.70. The fourth-order valence-corrected chi connectivity index (χ4v) is 11.8. The largest absolute Gasteiger partial charge is 1.00 e. The molecule has 0 bridgehead atoms. The summed E-state index contributed by atoms with van der Waals surface area (Å²) in [4.78, 5) is 67.3. The van der Waals surface area contributed by atoms with Gasteiger partial charge in [-0.15, -0.1) is 0 Å². The number of aliphatic carboxylic acids is 1. The summed E-state index contributed by atoms with van der Waals surface area (Å²) < 4.78 is 30.2. The molecule has 0 saturated carbocycles. The molecule has 0 radical (unpaired) electrons. The number of nitrogens with zero attached hydrogens (tertiary/aromatic N) is 10. The van der Waals surface area contributed by atoms with Crippen LogP contribution in [-0.2, 0) is 9.53 Å². The maximum absolute atomic E-state index is 11.7. The first-order chi connectivity index (χ1) is 55.8. The van der Waals surface area contributed by atoms with Crippen LogP contribution in [0.15, 0.2) is 274 Å². The number of imidazole rings is 1. The van der Waals surface area contributed by atoms with E-state index in [0.29, 0.717) is 63.3 Å². The standard InChI is InChI=1S/C23H23N5O.C17H14ClN3O.C17H13ClN2O2.C13H10O2.C11H19NO4.C4H3ClN2.C4H9.Li/c24-22-21-20(16-8-10-19(11-9-16)29-18-6-2-1-3-7-18)27-23(28(21)14-13-26-22)17-5-4-12-25-15-17;18-17-16(20-10-11-21-17)15(19)12-6-8-14(9-7-12)22-13-4-2-1-3-5-13;18-17-15(19-10-11-20-17)16(21)12-6-8-14(9-7-12)22-13-4-2-1-3-5-13;14-10-11-6-8-13(9-7-11)15-12-4-2-1-3-5-12;1-11(2,3)16-10(15)12-6-4-5-8(7-12)9(13)14;5-4-3-6-1-2-7-4;1-3-4-2;/h1-3,6-11,13-14,17,25H,4-5,12,15H2,(H2,24,26);1-11,15H,19H2;1-11,16,21H;1-10H;8H,4-7H2,1-3H3,(H,13,14);1-3H;1,3-4H2,2H3;/q;;;;;;-1;+1. The number of ether oxygens (including phenoxy) is 5. The number of aliphatic hydroxyl groups excluding tert-OH is 1. The normalized spacial score (nSPS) is 13.7. The quantitative estimate of drug-likeness (QED) is 0.0321. The van der Waals surface area contributed by atoms with E-state index in [1.165, 1.54) is 36.1 Å². The summed E-state index contributed by atoms with van der Waals surface area (Å²) in [5, 5.41) is 23.6. The van der Waals surface area contributed by atoms with E-state index in [1.807, 2.05) is 176 Å². The average molecular weight is 1620 g/mol. The monoisotopic (exact) mass is 1610 g/mol. The van der Waals surface area contributed by atoms with Crippen LogP contribution in [0.3, 0.4) is 0 Å². The molecule has 1 amide bonds. The van der Waals surface area contributed by atoms with E-state index in [2.05, 4.69) is 58.5 Å². The average Bonchev–Trinajstić information content (AvgIpc) is 1.61. The van der Waals surface area contributed by atoms with Crippen LogP contribution in [0.5, 0.6) is 46.0 Å². The number of aromatic nitrogens is 9. The molecule has 15 rings (SSSR count).